The maximum atomic E-state index is 12.8. The molecule has 1 aliphatic heterocycles. The lowest BCUT2D eigenvalue weighted by molar-refractivity contribution is -0.112. The van der Waals surface area contributed by atoms with E-state index in [9.17, 15) is 15.2 Å². The first kappa shape index (κ1) is 17.6. The maximum Gasteiger partial charge on any atom is 0.267 e. The number of anilines is 2. The third-order valence-corrected chi connectivity index (χ3v) is 4.94. The van der Waals surface area contributed by atoms with E-state index in [-0.39, 0.29) is 11.3 Å². The van der Waals surface area contributed by atoms with Crippen molar-refractivity contribution >= 4 is 28.1 Å². The lowest BCUT2D eigenvalue weighted by Crippen LogP contribution is -2.26. The standard InChI is InChI=1S/C23H19N3O2/c24-14-17(15-26-13-5-7-16-6-1-2-11-21(16)26)23(28)25-20-10-3-9-19-18(20)8-4-12-22(19)27/h1-4,6,8-12,15,27H,5,7,13H2,(H,25,28)/b17-15-. The van der Waals surface area contributed by atoms with Crippen molar-refractivity contribution in [2.45, 2.75) is 12.8 Å². The molecule has 0 unspecified atom stereocenters. The number of nitrogens with zero attached hydrogens (tertiary/aromatic N) is 2. The molecular formula is C23H19N3O2. The molecule has 0 saturated heterocycles. The number of carbonyl (C=O) groups is 1. The average molecular weight is 369 g/mol. The van der Waals surface area contributed by atoms with Crippen molar-refractivity contribution < 1.29 is 9.90 Å². The van der Waals surface area contributed by atoms with Crippen LogP contribution in [-0.4, -0.2) is 17.6 Å². The molecule has 0 aliphatic carbocycles. The Morgan fingerprint density at radius 3 is 2.71 bits per heavy atom. The molecule has 5 heteroatoms. The van der Waals surface area contributed by atoms with Gasteiger partial charge in [-0.3, -0.25) is 4.79 Å². The number of nitrogens with one attached hydrogen (secondary N) is 1. The first-order valence-corrected chi connectivity index (χ1v) is 9.16. The Morgan fingerprint density at radius 1 is 1.07 bits per heavy atom. The van der Waals surface area contributed by atoms with Gasteiger partial charge < -0.3 is 15.3 Å². The smallest absolute Gasteiger partial charge is 0.267 e. The fraction of sp³-hybridized carbons (Fsp3) is 0.130. The lowest BCUT2D eigenvalue weighted by Gasteiger charge is -2.28. The van der Waals surface area contributed by atoms with Crippen LogP contribution in [0.15, 0.2) is 72.4 Å². The van der Waals surface area contributed by atoms with Crippen molar-refractivity contribution in [2.24, 2.45) is 0 Å². The quantitative estimate of drug-likeness (QED) is 0.532. The summed E-state index contributed by atoms with van der Waals surface area (Å²) in [4.78, 5) is 14.7. The molecule has 0 fully saturated rings. The van der Waals surface area contributed by atoms with Gasteiger partial charge in [0.1, 0.15) is 17.4 Å². The summed E-state index contributed by atoms with van der Waals surface area (Å²) in [6.07, 6.45) is 3.58. The van der Waals surface area contributed by atoms with Crippen LogP contribution in [0, 0.1) is 11.3 Å². The number of phenolic OH excluding ortho intramolecular Hbond substituents is 1. The van der Waals surface area contributed by atoms with E-state index in [0.29, 0.717) is 11.1 Å². The largest absolute Gasteiger partial charge is 0.507 e. The molecule has 1 aliphatic rings. The number of hydrogen-bond acceptors (Lipinski definition) is 4. The number of rotatable bonds is 3. The zero-order valence-electron chi connectivity index (χ0n) is 15.2. The van der Waals surface area contributed by atoms with Gasteiger partial charge in [-0.2, -0.15) is 5.26 Å². The molecule has 5 nitrogen and oxygen atoms in total. The maximum absolute atomic E-state index is 12.8. The highest BCUT2D eigenvalue weighted by Gasteiger charge is 2.18. The highest BCUT2D eigenvalue weighted by molar-refractivity contribution is 6.11. The molecule has 28 heavy (non-hydrogen) atoms. The Labute approximate surface area is 163 Å². The van der Waals surface area contributed by atoms with E-state index in [4.69, 9.17) is 0 Å². The Hall–Kier alpha value is -3.78. The highest BCUT2D eigenvalue weighted by Crippen LogP contribution is 2.30. The second-order valence-corrected chi connectivity index (χ2v) is 6.71. The van der Waals surface area contributed by atoms with Gasteiger partial charge in [0.15, 0.2) is 0 Å². The van der Waals surface area contributed by atoms with Gasteiger partial charge in [0.05, 0.1) is 0 Å². The predicted octanol–water partition coefficient (Wildman–Crippen LogP) is 4.34. The summed E-state index contributed by atoms with van der Waals surface area (Å²) in [5.41, 5.74) is 2.84. The van der Waals surface area contributed by atoms with E-state index in [1.165, 1.54) is 5.56 Å². The third kappa shape index (κ3) is 3.28. The number of aryl methyl sites for hydroxylation is 1. The topological polar surface area (TPSA) is 76.4 Å². The van der Waals surface area contributed by atoms with Crippen LogP contribution in [0.3, 0.4) is 0 Å². The number of carbonyl (C=O) groups excluding carboxylic acids is 1. The molecule has 1 amide bonds. The molecular weight excluding hydrogens is 350 g/mol. The Kier molecular flexibility index (Phi) is 4.69. The van der Waals surface area contributed by atoms with E-state index in [1.807, 2.05) is 35.2 Å². The summed E-state index contributed by atoms with van der Waals surface area (Å²) in [7, 11) is 0. The van der Waals surface area contributed by atoms with Crippen LogP contribution >= 0.6 is 0 Å². The van der Waals surface area contributed by atoms with E-state index >= 15 is 0 Å². The summed E-state index contributed by atoms with van der Waals surface area (Å²) in [6.45, 7) is 0.762. The molecule has 0 spiro atoms. The van der Waals surface area contributed by atoms with Gasteiger partial charge >= 0.3 is 0 Å². The first-order chi connectivity index (χ1) is 13.7. The molecule has 4 rings (SSSR count). The first-order valence-electron chi connectivity index (χ1n) is 9.16. The van der Waals surface area contributed by atoms with Crippen molar-refractivity contribution in [3.63, 3.8) is 0 Å². The van der Waals surface area contributed by atoms with Gasteiger partial charge in [0, 0.05) is 34.9 Å². The summed E-state index contributed by atoms with van der Waals surface area (Å²) in [5, 5.41) is 23.8. The van der Waals surface area contributed by atoms with Gasteiger partial charge in [0.25, 0.3) is 5.91 Å². The van der Waals surface area contributed by atoms with Crippen molar-refractivity contribution in [3.8, 4) is 11.8 Å². The molecule has 0 radical (unpaired) electrons. The Bertz CT molecular complexity index is 1130. The summed E-state index contributed by atoms with van der Waals surface area (Å²) in [6, 6.07) is 20.5. The zero-order valence-corrected chi connectivity index (χ0v) is 15.2. The van der Waals surface area contributed by atoms with Gasteiger partial charge in [-0.1, -0.05) is 42.5 Å². The van der Waals surface area contributed by atoms with Crippen molar-refractivity contribution in [1.82, 2.24) is 0 Å². The van der Waals surface area contributed by atoms with Crippen LogP contribution in [-0.2, 0) is 11.2 Å². The van der Waals surface area contributed by atoms with E-state index < -0.39 is 5.91 Å². The van der Waals surface area contributed by atoms with Crippen LogP contribution in [0.5, 0.6) is 5.75 Å². The zero-order chi connectivity index (χ0) is 19.5. The summed E-state index contributed by atoms with van der Waals surface area (Å²) < 4.78 is 0. The van der Waals surface area contributed by atoms with Gasteiger partial charge in [0.2, 0.25) is 0 Å². The van der Waals surface area contributed by atoms with Crippen LogP contribution in [0.1, 0.15) is 12.0 Å². The molecule has 2 N–H and O–H groups in total. The van der Waals surface area contributed by atoms with Gasteiger partial charge in [-0.25, -0.2) is 0 Å². The number of para-hydroxylation sites is 1. The molecule has 138 valence electrons. The molecule has 0 aromatic heterocycles. The van der Waals surface area contributed by atoms with Crippen LogP contribution in [0.25, 0.3) is 10.8 Å². The molecule has 3 aromatic carbocycles. The minimum absolute atomic E-state index is 0.0360. The Balaban J connectivity index is 1.64. The predicted molar refractivity (Wildman–Crippen MR) is 110 cm³/mol. The number of fused-ring (bicyclic) bond motifs is 2. The average Bonchev–Trinajstić information content (AvgIpc) is 2.73. The number of aromatic hydroxyl groups is 1. The van der Waals surface area contributed by atoms with E-state index in [2.05, 4.69) is 11.4 Å². The normalized spacial score (nSPS) is 13.7. The lowest BCUT2D eigenvalue weighted by atomic mass is 10.0. The highest BCUT2D eigenvalue weighted by atomic mass is 16.3. The van der Waals surface area contributed by atoms with Gasteiger partial charge in [-0.05, 0) is 36.6 Å². The fourth-order valence-corrected chi connectivity index (χ4v) is 3.58. The SMILES string of the molecule is N#C/C(=C/N1CCCc2ccccc21)C(=O)Nc1cccc2c(O)cccc12. The van der Waals surface area contributed by atoms with Crippen molar-refractivity contribution in [1.29, 1.82) is 5.26 Å². The van der Waals surface area contributed by atoms with Crippen LogP contribution < -0.4 is 10.2 Å². The molecule has 1 heterocycles. The monoisotopic (exact) mass is 369 g/mol. The number of phenols is 1. The van der Waals surface area contributed by atoms with Crippen LogP contribution in [0.2, 0.25) is 0 Å². The number of hydrogen-bond donors (Lipinski definition) is 2. The second-order valence-electron chi connectivity index (χ2n) is 6.71. The second kappa shape index (κ2) is 7.45. The molecule has 3 aromatic rings. The number of benzene rings is 3. The molecule has 0 bridgehead atoms. The summed E-state index contributed by atoms with van der Waals surface area (Å²) in [5.74, 6) is -0.323. The van der Waals surface area contributed by atoms with E-state index in [0.717, 1.165) is 30.5 Å². The van der Waals surface area contributed by atoms with Gasteiger partial charge in [-0.15, -0.1) is 0 Å². The third-order valence-electron chi connectivity index (χ3n) is 4.94. The van der Waals surface area contributed by atoms with E-state index in [1.54, 1.807) is 36.5 Å². The summed E-state index contributed by atoms with van der Waals surface area (Å²) >= 11 is 0. The molecule has 0 saturated carbocycles. The minimum Gasteiger partial charge on any atom is -0.507 e. The van der Waals surface area contributed by atoms with Crippen molar-refractivity contribution in [2.75, 3.05) is 16.8 Å². The molecule has 0 atom stereocenters. The number of nitriles is 1. The number of amides is 1. The fourth-order valence-electron chi connectivity index (χ4n) is 3.58. The Morgan fingerprint density at radius 2 is 1.86 bits per heavy atom. The van der Waals surface area contributed by atoms with Crippen molar-refractivity contribution in [3.05, 3.63) is 78.0 Å². The minimum atomic E-state index is -0.471. The van der Waals surface area contributed by atoms with Crippen LogP contribution in [0.4, 0.5) is 11.4 Å².